The largest absolute Gasteiger partial charge is 0.480 e. The molecular formula is C11H19N5O6. The summed E-state index contributed by atoms with van der Waals surface area (Å²) >= 11 is 0. The fourth-order valence-electron chi connectivity index (χ4n) is 1.24. The molecule has 0 aromatic heterocycles. The van der Waals surface area contributed by atoms with E-state index in [2.05, 4.69) is 10.6 Å². The number of hydrogen-bond acceptors (Lipinski definition) is 6. The first-order valence-corrected chi connectivity index (χ1v) is 6.24. The lowest BCUT2D eigenvalue weighted by atomic mass is 10.1. The smallest absolute Gasteiger partial charge is 0.322 e. The van der Waals surface area contributed by atoms with Gasteiger partial charge in [0.15, 0.2) is 0 Å². The Balaban J connectivity index is 4.50. The summed E-state index contributed by atoms with van der Waals surface area (Å²) in [6, 6.07) is -2.18. The zero-order valence-corrected chi connectivity index (χ0v) is 11.9. The standard InChI is InChI=1S/C11H19N5O6/c1-5(12)10(21)16-6(2-7(13)17)11(22)15-3-8(18)14-4-9(19)20/h5-6H,2-4,12H2,1H3,(H2,13,17)(H,14,18)(H,15,22)(H,16,21)(H,19,20). The van der Waals surface area contributed by atoms with Crippen LogP contribution in [-0.2, 0) is 24.0 Å². The quantitative estimate of drug-likeness (QED) is 0.249. The lowest BCUT2D eigenvalue weighted by Crippen LogP contribution is -2.53. The molecule has 2 unspecified atom stereocenters. The number of carbonyl (C=O) groups excluding carboxylic acids is 4. The van der Waals surface area contributed by atoms with E-state index in [-0.39, 0.29) is 0 Å². The van der Waals surface area contributed by atoms with Crippen molar-refractivity contribution in [1.29, 1.82) is 0 Å². The average molecular weight is 317 g/mol. The van der Waals surface area contributed by atoms with Gasteiger partial charge in [-0.2, -0.15) is 0 Å². The Bertz CT molecular complexity index is 464. The Morgan fingerprint density at radius 3 is 2.09 bits per heavy atom. The maximum absolute atomic E-state index is 11.8. The van der Waals surface area contributed by atoms with Crippen LogP contribution in [0.15, 0.2) is 0 Å². The monoisotopic (exact) mass is 317 g/mol. The number of carboxylic acid groups (broad SMARTS) is 1. The van der Waals surface area contributed by atoms with Gasteiger partial charge in [0.05, 0.1) is 19.0 Å². The molecule has 11 nitrogen and oxygen atoms in total. The first-order chi connectivity index (χ1) is 10.1. The van der Waals surface area contributed by atoms with Crippen LogP contribution >= 0.6 is 0 Å². The fourth-order valence-corrected chi connectivity index (χ4v) is 1.24. The number of rotatable bonds is 9. The van der Waals surface area contributed by atoms with Crippen molar-refractivity contribution >= 4 is 29.6 Å². The third kappa shape index (κ3) is 8.47. The SMILES string of the molecule is CC(N)C(=O)NC(CC(N)=O)C(=O)NCC(=O)NCC(=O)O. The predicted molar refractivity (Wildman–Crippen MR) is 73.0 cm³/mol. The molecule has 0 fully saturated rings. The number of carbonyl (C=O) groups is 5. The van der Waals surface area contributed by atoms with Crippen LogP contribution < -0.4 is 27.4 Å². The van der Waals surface area contributed by atoms with Crippen molar-refractivity contribution in [1.82, 2.24) is 16.0 Å². The van der Waals surface area contributed by atoms with E-state index in [1.807, 2.05) is 5.32 Å². The summed E-state index contributed by atoms with van der Waals surface area (Å²) in [5.74, 6) is -4.31. The van der Waals surface area contributed by atoms with E-state index in [4.69, 9.17) is 16.6 Å². The maximum atomic E-state index is 11.8. The maximum Gasteiger partial charge on any atom is 0.322 e. The molecule has 0 saturated carbocycles. The van der Waals surface area contributed by atoms with Gasteiger partial charge in [0.25, 0.3) is 0 Å². The van der Waals surface area contributed by atoms with Crippen molar-refractivity contribution in [2.75, 3.05) is 13.1 Å². The fraction of sp³-hybridized carbons (Fsp3) is 0.545. The van der Waals surface area contributed by atoms with E-state index < -0.39 is 61.2 Å². The lowest BCUT2D eigenvalue weighted by molar-refractivity contribution is -0.138. The summed E-state index contributed by atoms with van der Waals surface area (Å²) in [5.41, 5.74) is 10.3. The molecule has 0 bridgehead atoms. The summed E-state index contributed by atoms with van der Waals surface area (Å²) in [6.45, 7) is 0.268. The van der Waals surface area contributed by atoms with E-state index in [1.165, 1.54) is 6.92 Å². The number of nitrogens with one attached hydrogen (secondary N) is 3. The van der Waals surface area contributed by atoms with Crippen LogP contribution in [-0.4, -0.2) is 59.9 Å². The van der Waals surface area contributed by atoms with Crippen LogP contribution in [0.4, 0.5) is 0 Å². The minimum absolute atomic E-state index is 0.471. The molecule has 0 heterocycles. The second-order valence-corrected chi connectivity index (χ2v) is 4.41. The normalized spacial score (nSPS) is 12.6. The number of nitrogens with two attached hydrogens (primary N) is 2. The Morgan fingerprint density at radius 1 is 1.05 bits per heavy atom. The summed E-state index contributed by atoms with van der Waals surface area (Å²) < 4.78 is 0. The van der Waals surface area contributed by atoms with E-state index in [1.54, 1.807) is 0 Å². The third-order valence-electron chi connectivity index (χ3n) is 2.31. The van der Waals surface area contributed by atoms with Crippen LogP contribution in [0, 0.1) is 0 Å². The van der Waals surface area contributed by atoms with Gasteiger partial charge >= 0.3 is 5.97 Å². The molecule has 0 aliphatic carbocycles. The molecule has 124 valence electrons. The highest BCUT2D eigenvalue weighted by molar-refractivity contribution is 5.94. The molecule has 4 amide bonds. The van der Waals surface area contributed by atoms with Crippen molar-refractivity contribution < 1.29 is 29.1 Å². The highest BCUT2D eigenvalue weighted by Gasteiger charge is 2.24. The first kappa shape index (κ1) is 19.3. The predicted octanol–water partition coefficient (Wildman–Crippen LogP) is -3.99. The van der Waals surface area contributed by atoms with Crippen molar-refractivity contribution in [3.8, 4) is 0 Å². The van der Waals surface area contributed by atoms with E-state index in [0.29, 0.717) is 0 Å². The second kappa shape index (κ2) is 9.28. The third-order valence-corrected chi connectivity index (χ3v) is 2.31. The second-order valence-electron chi connectivity index (χ2n) is 4.41. The van der Waals surface area contributed by atoms with E-state index in [0.717, 1.165) is 0 Å². The highest BCUT2D eigenvalue weighted by atomic mass is 16.4. The van der Waals surface area contributed by atoms with Crippen LogP contribution in [0.3, 0.4) is 0 Å². The van der Waals surface area contributed by atoms with Crippen molar-refractivity contribution in [2.45, 2.75) is 25.4 Å². The van der Waals surface area contributed by atoms with E-state index >= 15 is 0 Å². The Kier molecular flexibility index (Phi) is 8.15. The van der Waals surface area contributed by atoms with E-state index in [9.17, 15) is 24.0 Å². The first-order valence-electron chi connectivity index (χ1n) is 6.24. The number of amides is 4. The Hall–Kier alpha value is -2.69. The zero-order chi connectivity index (χ0) is 17.3. The van der Waals surface area contributed by atoms with Gasteiger partial charge in [-0.1, -0.05) is 0 Å². The summed E-state index contributed by atoms with van der Waals surface area (Å²) in [5, 5.41) is 14.8. The van der Waals surface area contributed by atoms with Gasteiger partial charge in [-0.3, -0.25) is 24.0 Å². The highest BCUT2D eigenvalue weighted by Crippen LogP contribution is 1.93. The minimum atomic E-state index is -1.27. The molecule has 22 heavy (non-hydrogen) atoms. The minimum Gasteiger partial charge on any atom is -0.480 e. The Morgan fingerprint density at radius 2 is 1.64 bits per heavy atom. The molecule has 0 radical (unpaired) electrons. The Labute approximate surface area is 125 Å². The molecule has 0 aromatic rings. The van der Waals surface area contributed by atoms with Gasteiger partial charge in [-0.25, -0.2) is 0 Å². The molecule has 0 aliphatic heterocycles. The van der Waals surface area contributed by atoms with Gasteiger partial charge in [-0.05, 0) is 6.92 Å². The molecule has 11 heteroatoms. The van der Waals surface area contributed by atoms with Gasteiger partial charge < -0.3 is 32.5 Å². The molecule has 0 aromatic carbocycles. The number of hydrogen-bond donors (Lipinski definition) is 6. The van der Waals surface area contributed by atoms with Gasteiger partial charge in [0.2, 0.25) is 23.6 Å². The number of aliphatic carboxylic acids is 1. The molecule has 0 rings (SSSR count). The molecule has 0 saturated heterocycles. The number of carboxylic acids is 1. The van der Waals surface area contributed by atoms with Crippen molar-refractivity contribution in [2.24, 2.45) is 11.5 Å². The van der Waals surface area contributed by atoms with Crippen molar-refractivity contribution in [3.05, 3.63) is 0 Å². The molecular weight excluding hydrogens is 298 g/mol. The summed E-state index contributed by atoms with van der Waals surface area (Å²) in [6.07, 6.45) is -0.471. The number of primary amides is 1. The van der Waals surface area contributed by atoms with Crippen LogP contribution in [0.25, 0.3) is 0 Å². The van der Waals surface area contributed by atoms with Crippen LogP contribution in [0.2, 0.25) is 0 Å². The lowest BCUT2D eigenvalue weighted by Gasteiger charge is -2.18. The van der Waals surface area contributed by atoms with Crippen LogP contribution in [0.1, 0.15) is 13.3 Å². The van der Waals surface area contributed by atoms with Gasteiger partial charge in [-0.15, -0.1) is 0 Å². The molecule has 0 aliphatic rings. The molecule has 8 N–H and O–H groups in total. The topological polar surface area (TPSA) is 194 Å². The summed E-state index contributed by atoms with van der Waals surface area (Å²) in [7, 11) is 0. The average Bonchev–Trinajstić information content (AvgIpc) is 2.40. The zero-order valence-electron chi connectivity index (χ0n) is 11.9. The van der Waals surface area contributed by atoms with Crippen molar-refractivity contribution in [3.63, 3.8) is 0 Å². The summed E-state index contributed by atoms with van der Waals surface area (Å²) in [4.78, 5) is 55.6. The molecule has 2 atom stereocenters. The van der Waals surface area contributed by atoms with Gasteiger partial charge in [0.1, 0.15) is 12.6 Å². The van der Waals surface area contributed by atoms with Gasteiger partial charge in [0, 0.05) is 0 Å². The van der Waals surface area contributed by atoms with Crippen LogP contribution in [0.5, 0.6) is 0 Å². The molecule has 0 spiro atoms.